The molecule has 30 heavy (non-hydrogen) atoms. The van der Waals surface area contributed by atoms with Crippen molar-refractivity contribution in [3.8, 4) is 0 Å². The number of unbranched alkanes of at least 4 members (excludes halogenated alkanes) is 1. The maximum atomic E-state index is 13.3. The maximum Gasteiger partial charge on any atom is 0.140 e. The Balaban J connectivity index is 1.60. The van der Waals surface area contributed by atoms with Gasteiger partial charge in [-0.2, -0.15) is 0 Å². The molecule has 0 saturated heterocycles. The average molecular weight is 409 g/mol. The number of aryl methyl sites for hydroxylation is 1. The Labute approximate surface area is 181 Å². The van der Waals surface area contributed by atoms with Crippen LogP contribution in [0.15, 0.2) is 54.1 Å². The largest absolute Gasteiger partial charge is 0.385 e. The number of rotatable bonds is 11. The highest BCUT2D eigenvalue weighted by Crippen LogP contribution is 2.37. The quantitative estimate of drug-likeness (QED) is 0.429. The third kappa shape index (κ3) is 6.50. The van der Waals surface area contributed by atoms with Crippen LogP contribution in [0.4, 0.5) is 0 Å². The van der Waals surface area contributed by atoms with Crippen LogP contribution in [0.25, 0.3) is 0 Å². The van der Waals surface area contributed by atoms with E-state index in [9.17, 15) is 9.59 Å². The minimum absolute atomic E-state index is 0.0974. The van der Waals surface area contributed by atoms with Crippen molar-refractivity contribution in [2.24, 2.45) is 17.8 Å². The second-order valence-corrected chi connectivity index (χ2v) is 8.83. The number of benzene rings is 1. The minimum atomic E-state index is -0.148. The Bertz CT molecular complexity index is 747. The number of hydrogen-bond acceptors (Lipinski definition) is 3. The Morgan fingerprint density at radius 3 is 2.53 bits per heavy atom. The van der Waals surface area contributed by atoms with Gasteiger partial charge in [0.05, 0.1) is 0 Å². The first-order valence-electron chi connectivity index (χ1n) is 11.6. The van der Waals surface area contributed by atoms with Gasteiger partial charge in [0.1, 0.15) is 11.6 Å². The molecule has 2 aliphatic carbocycles. The second-order valence-electron chi connectivity index (χ2n) is 8.83. The van der Waals surface area contributed by atoms with E-state index in [0.717, 1.165) is 51.4 Å². The molecule has 0 aromatic heterocycles. The SMILES string of the molecule is COCCC1CC(=O)C(CCC2=CC=CCC2)C(CCCCc2ccccc2)C1=O. The molecule has 0 radical (unpaired) electrons. The first-order valence-corrected chi connectivity index (χ1v) is 11.6. The lowest BCUT2D eigenvalue weighted by Crippen LogP contribution is -2.41. The molecule has 2 aliphatic rings. The molecule has 0 spiro atoms. The van der Waals surface area contributed by atoms with Crippen LogP contribution in [0.2, 0.25) is 0 Å². The predicted molar refractivity (Wildman–Crippen MR) is 121 cm³/mol. The van der Waals surface area contributed by atoms with Gasteiger partial charge in [-0.25, -0.2) is 0 Å². The minimum Gasteiger partial charge on any atom is -0.385 e. The Morgan fingerprint density at radius 2 is 1.80 bits per heavy atom. The molecule has 1 aromatic rings. The number of methoxy groups -OCH3 is 1. The molecule has 1 saturated carbocycles. The van der Waals surface area contributed by atoms with Crippen molar-refractivity contribution < 1.29 is 14.3 Å². The highest BCUT2D eigenvalue weighted by Gasteiger charge is 2.42. The molecular formula is C27H36O3. The van der Waals surface area contributed by atoms with Crippen molar-refractivity contribution in [1.82, 2.24) is 0 Å². The molecule has 3 atom stereocenters. The number of carbonyl (C=O) groups excluding carboxylic acids is 2. The summed E-state index contributed by atoms with van der Waals surface area (Å²) >= 11 is 0. The van der Waals surface area contributed by atoms with Crippen LogP contribution < -0.4 is 0 Å². The summed E-state index contributed by atoms with van der Waals surface area (Å²) in [6.45, 7) is 0.550. The molecule has 0 heterocycles. The van der Waals surface area contributed by atoms with E-state index in [1.807, 2.05) is 6.07 Å². The molecule has 0 amide bonds. The van der Waals surface area contributed by atoms with Gasteiger partial charge in [0.25, 0.3) is 0 Å². The van der Waals surface area contributed by atoms with Crippen molar-refractivity contribution in [3.63, 3.8) is 0 Å². The smallest absolute Gasteiger partial charge is 0.140 e. The normalized spacial score (nSPS) is 24.2. The van der Waals surface area contributed by atoms with Crippen LogP contribution in [0.5, 0.6) is 0 Å². The van der Waals surface area contributed by atoms with Gasteiger partial charge in [-0.1, -0.05) is 60.6 Å². The van der Waals surface area contributed by atoms with E-state index < -0.39 is 0 Å². The molecule has 3 heteroatoms. The van der Waals surface area contributed by atoms with Crippen molar-refractivity contribution >= 4 is 11.6 Å². The second kappa shape index (κ2) is 12.0. The van der Waals surface area contributed by atoms with Crippen molar-refractivity contribution in [1.29, 1.82) is 0 Å². The first-order chi connectivity index (χ1) is 14.7. The topological polar surface area (TPSA) is 43.4 Å². The van der Waals surface area contributed by atoms with Crippen molar-refractivity contribution in [2.45, 2.75) is 64.2 Å². The monoisotopic (exact) mass is 408 g/mol. The van der Waals surface area contributed by atoms with Gasteiger partial charge in [-0.05, 0) is 56.9 Å². The molecule has 162 valence electrons. The highest BCUT2D eigenvalue weighted by molar-refractivity contribution is 5.97. The van der Waals surface area contributed by atoms with Crippen LogP contribution in [0.3, 0.4) is 0 Å². The fraction of sp³-hybridized carbons (Fsp3) is 0.556. The average Bonchev–Trinajstić information content (AvgIpc) is 2.78. The Kier molecular flexibility index (Phi) is 9.07. The lowest BCUT2D eigenvalue weighted by Gasteiger charge is -2.34. The van der Waals surface area contributed by atoms with E-state index in [0.29, 0.717) is 31.0 Å². The van der Waals surface area contributed by atoms with Gasteiger partial charge in [0.2, 0.25) is 0 Å². The zero-order valence-corrected chi connectivity index (χ0v) is 18.4. The van der Waals surface area contributed by atoms with E-state index in [1.165, 1.54) is 11.1 Å². The summed E-state index contributed by atoms with van der Waals surface area (Å²) in [4.78, 5) is 26.3. The van der Waals surface area contributed by atoms with Gasteiger partial charge < -0.3 is 4.74 Å². The summed E-state index contributed by atoms with van der Waals surface area (Å²) in [5.41, 5.74) is 2.76. The van der Waals surface area contributed by atoms with Crippen LogP contribution in [0.1, 0.15) is 63.4 Å². The fourth-order valence-electron chi connectivity index (χ4n) is 4.97. The number of ether oxygens (including phenoxy) is 1. The maximum absolute atomic E-state index is 13.3. The third-order valence-corrected chi connectivity index (χ3v) is 6.74. The van der Waals surface area contributed by atoms with Gasteiger partial charge in [-0.3, -0.25) is 9.59 Å². The Hall–Kier alpha value is -2.00. The molecule has 3 rings (SSSR count). The van der Waals surface area contributed by atoms with Gasteiger partial charge in [0.15, 0.2) is 0 Å². The molecular weight excluding hydrogens is 372 g/mol. The highest BCUT2D eigenvalue weighted by atomic mass is 16.5. The number of ketones is 2. The molecule has 3 unspecified atom stereocenters. The van der Waals surface area contributed by atoms with E-state index in [2.05, 4.69) is 42.5 Å². The summed E-state index contributed by atoms with van der Waals surface area (Å²) in [7, 11) is 1.66. The van der Waals surface area contributed by atoms with Crippen LogP contribution in [-0.4, -0.2) is 25.3 Å². The zero-order valence-electron chi connectivity index (χ0n) is 18.4. The fourth-order valence-corrected chi connectivity index (χ4v) is 4.97. The summed E-state index contributed by atoms with van der Waals surface area (Å²) in [5.74, 6) is 0.262. The van der Waals surface area contributed by atoms with Crippen LogP contribution in [-0.2, 0) is 20.7 Å². The molecule has 0 N–H and O–H groups in total. The summed E-state index contributed by atoms with van der Waals surface area (Å²) in [6, 6.07) is 10.5. The standard InChI is InChI=1S/C27H36O3/c1-30-19-18-23-20-26(28)24(17-16-22-12-6-3-7-13-22)25(27(23)29)15-9-8-14-21-10-4-2-5-11-21/h2-6,10-12,23-25H,7-9,13-20H2,1H3. The third-order valence-electron chi connectivity index (χ3n) is 6.74. The Morgan fingerprint density at radius 1 is 0.967 bits per heavy atom. The van der Waals surface area contributed by atoms with E-state index in [-0.39, 0.29) is 17.8 Å². The van der Waals surface area contributed by atoms with Gasteiger partial charge >= 0.3 is 0 Å². The molecule has 0 bridgehead atoms. The predicted octanol–water partition coefficient (Wildman–Crippen LogP) is 5.88. The summed E-state index contributed by atoms with van der Waals surface area (Å²) in [6.07, 6.45) is 15.5. The van der Waals surface area contributed by atoms with E-state index in [4.69, 9.17) is 4.74 Å². The van der Waals surface area contributed by atoms with Crippen molar-refractivity contribution in [2.75, 3.05) is 13.7 Å². The summed E-state index contributed by atoms with van der Waals surface area (Å²) < 4.78 is 5.19. The molecule has 3 nitrogen and oxygen atoms in total. The lowest BCUT2D eigenvalue weighted by molar-refractivity contribution is -0.143. The number of Topliss-reactive ketones (excluding diaryl/α,β-unsaturated/α-hetero) is 2. The molecule has 1 aromatic carbocycles. The first kappa shape index (κ1) is 22.7. The summed E-state index contributed by atoms with van der Waals surface area (Å²) in [5, 5.41) is 0. The molecule has 0 aliphatic heterocycles. The number of carbonyl (C=O) groups is 2. The van der Waals surface area contributed by atoms with Gasteiger partial charge in [0, 0.05) is 37.9 Å². The molecule has 1 fully saturated rings. The van der Waals surface area contributed by atoms with E-state index >= 15 is 0 Å². The van der Waals surface area contributed by atoms with Gasteiger partial charge in [-0.15, -0.1) is 0 Å². The number of allylic oxidation sites excluding steroid dienone is 4. The zero-order chi connectivity index (χ0) is 21.2. The number of hydrogen-bond donors (Lipinski definition) is 0. The van der Waals surface area contributed by atoms with Crippen molar-refractivity contribution in [3.05, 3.63) is 59.7 Å². The van der Waals surface area contributed by atoms with Crippen LogP contribution in [0, 0.1) is 17.8 Å². The van der Waals surface area contributed by atoms with Crippen LogP contribution >= 0.6 is 0 Å². The lowest BCUT2D eigenvalue weighted by atomic mass is 9.67. The van der Waals surface area contributed by atoms with E-state index in [1.54, 1.807) is 7.11 Å².